The number of nitrogens with zero attached hydrogens (tertiary/aromatic N) is 1. The third kappa shape index (κ3) is 3.16. The summed E-state index contributed by atoms with van der Waals surface area (Å²) in [6, 6.07) is 10.3. The van der Waals surface area contributed by atoms with Gasteiger partial charge in [0.2, 0.25) is 5.91 Å². The molecule has 0 aromatic heterocycles. The van der Waals surface area contributed by atoms with Crippen molar-refractivity contribution in [3.05, 3.63) is 53.6 Å². The summed E-state index contributed by atoms with van der Waals surface area (Å²) in [5, 5.41) is 21.7. The van der Waals surface area contributed by atoms with Crippen molar-refractivity contribution in [3.63, 3.8) is 0 Å². The molecule has 0 spiro atoms. The van der Waals surface area contributed by atoms with Crippen molar-refractivity contribution < 1.29 is 24.6 Å². The van der Waals surface area contributed by atoms with E-state index in [0.29, 0.717) is 0 Å². The van der Waals surface area contributed by atoms with Crippen LogP contribution in [0.25, 0.3) is 0 Å². The minimum absolute atomic E-state index is 0.0318. The van der Waals surface area contributed by atoms with Crippen LogP contribution in [0.1, 0.15) is 22.3 Å². The second-order valence-electron chi connectivity index (χ2n) is 5.84. The fourth-order valence-corrected chi connectivity index (χ4v) is 2.70. The topological polar surface area (TPSA) is 107 Å². The molecule has 1 unspecified atom stereocenters. The van der Waals surface area contributed by atoms with Crippen LogP contribution >= 0.6 is 0 Å². The van der Waals surface area contributed by atoms with Crippen molar-refractivity contribution in [2.75, 3.05) is 10.2 Å². The van der Waals surface area contributed by atoms with Gasteiger partial charge in [-0.3, -0.25) is 9.59 Å². The van der Waals surface area contributed by atoms with Crippen LogP contribution in [0.2, 0.25) is 0 Å². The molecule has 0 aliphatic carbocycles. The molecule has 1 saturated heterocycles. The molecule has 2 aromatic rings. The monoisotopic (exact) mass is 340 g/mol. The number of aromatic carboxylic acids is 1. The zero-order valence-corrected chi connectivity index (χ0v) is 13.4. The summed E-state index contributed by atoms with van der Waals surface area (Å²) in [6.45, 7) is 1.95. The maximum absolute atomic E-state index is 12.6. The maximum atomic E-state index is 12.6. The number of hydrogen-bond acceptors (Lipinski definition) is 5. The molecule has 7 heteroatoms. The summed E-state index contributed by atoms with van der Waals surface area (Å²) >= 11 is 0. The molecule has 1 aliphatic rings. The van der Waals surface area contributed by atoms with Crippen LogP contribution < -0.4 is 10.2 Å². The molecule has 128 valence electrons. The number of phenols is 1. The van der Waals surface area contributed by atoms with Gasteiger partial charge in [-0.1, -0.05) is 17.7 Å². The van der Waals surface area contributed by atoms with E-state index < -0.39 is 29.6 Å². The lowest BCUT2D eigenvalue weighted by molar-refractivity contribution is -0.121. The second kappa shape index (κ2) is 6.27. The molecule has 1 aliphatic heterocycles. The number of imide groups is 1. The minimum atomic E-state index is -1.34. The molecule has 7 nitrogen and oxygen atoms in total. The lowest BCUT2D eigenvalue weighted by atomic mass is 10.1. The number of rotatable bonds is 4. The lowest BCUT2D eigenvalue weighted by Gasteiger charge is -2.17. The smallest absolute Gasteiger partial charge is 0.339 e. The van der Waals surface area contributed by atoms with Gasteiger partial charge < -0.3 is 15.5 Å². The highest BCUT2D eigenvalue weighted by Crippen LogP contribution is 2.29. The average Bonchev–Trinajstić information content (AvgIpc) is 2.84. The van der Waals surface area contributed by atoms with E-state index in [2.05, 4.69) is 5.32 Å². The van der Waals surface area contributed by atoms with Crippen molar-refractivity contribution >= 4 is 29.2 Å². The molecule has 0 bridgehead atoms. The van der Waals surface area contributed by atoms with Crippen molar-refractivity contribution in [1.82, 2.24) is 0 Å². The fourth-order valence-electron chi connectivity index (χ4n) is 2.70. The largest absolute Gasteiger partial charge is 0.507 e. The predicted octanol–water partition coefficient (Wildman–Crippen LogP) is 2.14. The molecule has 1 atom stereocenters. The SMILES string of the molecule is Cc1ccc(NC2CC(=O)N(c3ccc(O)c(C(=O)O)c3)C2=O)cc1. The van der Waals surface area contributed by atoms with Crippen LogP contribution in [0.3, 0.4) is 0 Å². The van der Waals surface area contributed by atoms with Gasteiger partial charge in [-0.2, -0.15) is 0 Å². The summed E-state index contributed by atoms with van der Waals surface area (Å²) in [5.74, 6) is -2.67. The Bertz CT molecular complexity index is 860. The first kappa shape index (κ1) is 16.5. The molecule has 1 fully saturated rings. The zero-order valence-electron chi connectivity index (χ0n) is 13.4. The summed E-state index contributed by atoms with van der Waals surface area (Å²) in [6.07, 6.45) is -0.0318. The summed E-state index contributed by atoms with van der Waals surface area (Å²) in [5.41, 5.74) is 1.55. The van der Waals surface area contributed by atoms with Gasteiger partial charge in [0.1, 0.15) is 17.4 Å². The van der Waals surface area contributed by atoms with Gasteiger partial charge in [-0.05, 0) is 37.3 Å². The van der Waals surface area contributed by atoms with Crippen molar-refractivity contribution in [2.45, 2.75) is 19.4 Å². The predicted molar refractivity (Wildman–Crippen MR) is 90.8 cm³/mol. The van der Waals surface area contributed by atoms with E-state index >= 15 is 0 Å². The Morgan fingerprint density at radius 1 is 1.16 bits per heavy atom. The fraction of sp³-hybridized carbons (Fsp3) is 0.167. The number of nitrogens with one attached hydrogen (secondary N) is 1. The average molecular weight is 340 g/mol. The number of benzene rings is 2. The quantitative estimate of drug-likeness (QED) is 0.736. The molecule has 25 heavy (non-hydrogen) atoms. The number of amides is 2. The van der Waals surface area contributed by atoms with Crippen LogP contribution in [0.5, 0.6) is 5.75 Å². The van der Waals surface area contributed by atoms with Gasteiger partial charge in [-0.25, -0.2) is 9.69 Å². The van der Waals surface area contributed by atoms with E-state index in [0.717, 1.165) is 28.3 Å². The van der Waals surface area contributed by atoms with Crippen LogP contribution in [0.15, 0.2) is 42.5 Å². The third-order valence-corrected chi connectivity index (χ3v) is 4.01. The Morgan fingerprint density at radius 2 is 1.84 bits per heavy atom. The third-order valence-electron chi connectivity index (χ3n) is 4.01. The van der Waals surface area contributed by atoms with Gasteiger partial charge in [-0.15, -0.1) is 0 Å². The normalized spacial score (nSPS) is 17.0. The lowest BCUT2D eigenvalue weighted by Crippen LogP contribution is -2.34. The van der Waals surface area contributed by atoms with Crippen LogP contribution in [-0.4, -0.2) is 34.0 Å². The van der Waals surface area contributed by atoms with Gasteiger partial charge in [0.15, 0.2) is 0 Å². The highest BCUT2D eigenvalue weighted by atomic mass is 16.4. The number of aryl methyl sites for hydroxylation is 1. The summed E-state index contributed by atoms with van der Waals surface area (Å²) in [4.78, 5) is 36.9. The van der Waals surface area contributed by atoms with E-state index in [1.165, 1.54) is 6.07 Å². The Morgan fingerprint density at radius 3 is 2.48 bits per heavy atom. The van der Waals surface area contributed by atoms with Crippen LogP contribution in [0.4, 0.5) is 11.4 Å². The van der Waals surface area contributed by atoms with E-state index in [-0.39, 0.29) is 17.7 Å². The molecule has 3 N–H and O–H groups in total. The number of carboxylic acids is 1. The number of carboxylic acid groups (broad SMARTS) is 1. The number of hydrogen-bond donors (Lipinski definition) is 3. The van der Waals surface area contributed by atoms with Crippen molar-refractivity contribution in [2.24, 2.45) is 0 Å². The molecule has 3 rings (SSSR count). The van der Waals surface area contributed by atoms with Crippen LogP contribution in [-0.2, 0) is 9.59 Å². The van der Waals surface area contributed by atoms with Crippen molar-refractivity contribution in [3.8, 4) is 5.75 Å². The van der Waals surface area contributed by atoms with Gasteiger partial charge in [0.25, 0.3) is 5.91 Å². The first-order valence-corrected chi connectivity index (χ1v) is 7.63. The molecular weight excluding hydrogens is 324 g/mol. The highest BCUT2D eigenvalue weighted by molar-refractivity contribution is 6.23. The molecular formula is C18H16N2O5. The standard InChI is InChI=1S/C18H16N2O5/c1-10-2-4-11(5-3-10)19-14-9-16(22)20(17(14)23)12-6-7-15(21)13(8-12)18(24)25/h2-8,14,19,21H,9H2,1H3,(H,24,25). The first-order chi connectivity index (χ1) is 11.9. The molecule has 1 heterocycles. The van der Waals surface area contributed by atoms with Gasteiger partial charge in [0.05, 0.1) is 12.1 Å². The molecule has 2 aromatic carbocycles. The van der Waals surface area contributed by atoms with E-state index in [1.807, 2.05) is 31.2 Å². The Labute approximate surface area is 143 Å². The van der Waals surface area contributed by atoms with Gasteiger partial charge in [0, 0.05) is 5.69 Å². The van der Waals surface area contributed by atoms with Gasteiger partial charge >= 0.3 is 5.97 Å². The molecule has 0 saturated carbocycles. The minimum Gasteiger partial charge on any atom is -0.507 e. The summed E-state index contributed by atoms with van der Waals surface area (Å²) in [7, 11) is 0. The maximum Gasteiger partial charge on any atom is 0.339 e. The molecule has 2 amide bonds. The Hall–Kier alpha value is -3.35. The molecule has 0 radical (unpaired) electrons. The number of carbonyl (C=O) groups is 3. The highest BCUT2D eigenvalue weighted by Gasteiger charge is 2.39. The number of aromatic hydroxyl groups is 1. The number of carbonyl (C=O) groups excluding carboxylic acids is 2. The van der Waals surface area contributed by atoms with E-state index in [1.54, 1.807) is 0 Å². The van der Waals surface area contributed by atoms with Crippen LogP contribution in [0, 0.1) is 6.92 Å². The number of anilines is 2. The zero-order chi connectivity index (χ0) is 18.1. The summed E-state index contributed by atoms with van der Waals surface area (Å²) < 4.78 is 0. The Balaban J connectivity index is 1.85. The Kier molecular flexibility index (Phi) is 4.14. The first-order valence-electron chi connectivity index (χ1n) is 7.63. The second-order valence-corrected chi connectivity index (χ2v) is 5.84. The van der Waals surface area contributed by atoms with E-state index in [4.69, 9.17) is 5.11 Å². The van der Waals surface area contributed by atoms with E-state index in [9.17, 15) is 19.5 Å². The van der Waals surface area contributed by atoms with Crippen molar-refractivity contribution in [1.29, 1.82) is 0 Å².